The third-order valence-electron chi connectivity index (χ3n) is 7.06. The summed E-state index contributed by atoms with van der Waals surface area (Å²) >= 11 is 0. The molecule has 3 aromatic rings. The number of fused-ring (bicyclic) bond motifs is 1. The Labute approximate surface area is 215 Å². The molecule has 0 bridgehead atoms. The lowest BCUT2D eigenvalue weighted by Gasteiger charge is -2.28. The molecule has 0 spiro atoms. The van der Waals surface area contributed by atoms with Gasteiger partial charge in [0.15, 0.2) is 29.2 Å². The van der Waals surface area contributed by atoms with Gasteiger partial charge in [0.1, 0.15) is 5.60 Å². The number of anilines is 1. The van der Waals surface area contributed by atoms with E-state index in [-0.39, 0.29) is 18.2 Å². The molecule has 1 unspecified atom stereocenters. The molecule has 9 nitrogen and oxygen atoms in total. The van der Waals surface area contributed by atoms with Crippen molar-refractivity contribution in [3.63, 3.8) is 0 Å². The number of benzene rings is 1. The molecule has 10 heteroatoms. The van der Waals surface area contributed by atoms with Gasteiger partial charge < -0.3 is 19.9 Å². The first kappa shape index (κ1) is 25.1. The van der Waals surface area contributed by atoms with Crippen molar-refractivity contribution in [3.8, 4) is 11.5 Å². The SMILES string of the molecule is CC[C@@](O)(Cn1nncc1CCCCC1Oc2cccnc2NC1=O)c1ccc(F)c(OCC2CC2)c1. The molecule has 1 saturated carbocycles. The Balaban J connectivity index is 1.18. The van der Waals surface area contributed by atoms with Crippen LogP contribution in [0.3, 0.4) is 0 Å². The zero-order chi connectivity index (χ0) is 25.8. The number of aromatic nitrogens is 4. The highest BCUT2D eigenvalue weighted by molar-refractivity contribution is 5.96. The fraction of sp³-hybridized carbons (Fsp3) is 0.481. The van der Waals surface area contributed by atoms with Gasteiger partial charge in [-0.2, -0.15) is 0 Å². The summed E-state index contributed by atoms with van der Waals surface area (Å²) in [4.78, 5) is 16.4. The second-order valence-electron chi connectivity index (χ2n) is 9.86. The number of carbonyl (C=O) groups excluding carboxylic acids is 1. The quantitative estimate of drug-likeness (QED) is 0.355. The van der Waals surface area contributed by atoms with Crippen LogP contribution in [0.25, 0.3) is 0 Å². The van der Waals surface area contributed by atoms with E-state index in [1.807, 2.05) is 6.92 Å². The summed E-state index contributed by atoms with van der Waals surface area (Å²) in [5.41, 5.74) is 0.199. The molecule has 3 heterocycles. The molecule has 0 saturated heterocycles. The zero-order valence-electron chi connectivity index (χ0n) is 20.9. The molecule has 2 aliphatic rings. The molecule has 1 aliphatic carbocycles. The van der Waals surface area contributed by atoms with Crippen molar-refractivity contribution >= 4 is 11.7 Å². The number of ether oxygens (including phenoxy) is 2. The Hall–Kier alpha value is -3.53. The van der Waals surface area contributed by atoms with Crippen LogP contribution in [0.4, 0.5) is 10.2 Å². The summed E-state index contributed by atoms with van der Waals surface area (Å²) in [6.07, 6.45) is 8.18. The fourth-order valence-electron chi connectivity index (χ4n) is 4.47. The third kappa shape index (κ3) is 5.90. The zero-order valence-corrected chi connectivity index (χ0v) is 20.9. The van der Waals surface area contributed by atoms with Crippen molar-refractivity contribution < 1.29 is 23.8 Å². The first-order valence-electron chi connectivity index (χ1n) is 12.9. The van der Waals surface area contributed by atoms with Gasteiger partial charge in [0, 0.05) is 6.20 Å². The number of nitrogens with one attached hydrogen (secondary N) is 1. The van der Waals surface area contributed by atoms with Gasteiger partial charge in [-0.25, -0.2) is 14.1 Å². The van der Waals surface area contributed by atoms with Crippen molar-refractivity contribution in [2.45, 2.75) is 70.1 Å². The number of aryl methyl sites for hydroxylation is 1. The van der Waals surface area contributed by atoms with Gasteiger partial charge in [0.2, 0.25) is 0 Å². The number of pyridine rings is 1. The second kappa shape index (κ2) is 10.8. The summed E-state index contributed by atoms with van der Waals surface area (Å²) in [5, 5.41) is 22.5. The molecule has 2 atom stereocenters. The van der Waals surface area contributed by atoms with Crippen LogP contribution in [0.1, 0.15) is 56.7 Å². The van der Waals surface area contributed by atoms with Gasteiger partial charge in [0.25, 0.3) is 5.91 Å². The molecule has 1 aromatic carbocycles. The molecule has 37 heavy (non-hydrogen) atoms. The maximum Gasteiger partial charge on any atom is 0.266 e. The molecule has 5 rings (SSSR count). The minimum absolute atomic E-state index is 0.169. The van der Waals surface area contributed by atoms with Crippen molar-refractivity contribution in [1.82, 2.24) is 20.0 Å². The van der Waals surface area contributed by atoms with Gasteiger partial charge in [0.05, 0.1) is 25.0 Å². The maximum atomic E-state index is 14.3. The van der Waals surface area contributed by atoms with Crippen LogP contribution < -0.4 is 14.8 Å². The molecule has 196 valence electrons. The molecule has 1 aliphatic heterocycles. The topological polar surface area (TPSA) is 111 Å². The van der Waals surface area contributed by atoms with E-state index in [9.17, 15) is 14.3 Å². The second-order valence-corrected chi connectivity index (χ2v) is 9.86. The average Bonchev–Trinajstić information content (AvgIpc) is 3.64. The Bertz CT molecular complexity index is 1250. The Morgan fingerprint density at radius 3 is 2.97 bits per heavy atom. The van der Waals surface area contributed by atoms with Crippen molar-refractivity contribution in [1.29, 1.82) is 0 Å². The third-order valence-corrected chi connectivity index (χ3v) is 7.06. The summed E-state index contributed by atoms with van der Waals surface area (Å²) < 4.78 is 27.5. The number of carbonyl (C=O) groups is 1. The van der Waals surface area contributed by atoms with E-state index in [1.165, 1.54) is 6.07 Å². The fourth-order valence-corrected chi connectivity index (χ4v) is 4.47. The number of rotatable bonds is 12. The lowest BCUT2D eigenvalue weighted by atomic mass is 9.90. The number of halogens is 1. The van der Waals surface area contributed by atoms with Crippen LogP contribution >= 0.6 is 0 Å². The van der Waals surface area contributed by atoms with Crippen LogP contribution in [0.2, 0.25) is 0 Å². The highest BCUT2D eigenvalue weighted by Crippen LogP contribution is 2.34. The monoisotopic (exact) mass is 509 g/mol. The van der Waals surface area contributed by atoms with E-state index in [4.69, 9.17) is 9.47 Å². The minimum atomic E-state index is -1.26. The highest BCUT2D eigenvalue weighted by Gasteiger charge is 2.31. The van der Waals surface area contributed by atoms with Crippen LogP contribution in [0.5, 0.6) is 11.5 Å². The Kier molecular flexibility index (Phi) is 7.36. The van der Waals surface area contributed by atoms with Crippen LogP contribution in [0, 0.1) is 11.7 Å². The van der Waals surface area contributed by atoms with E-state index in [0.29, 0.717) is 48.9 Å². The number of hydrogen-bond donors (Lipinski definition) is 2. The van der Waals surface area contributed by atoms with E-state index in [0.717, 1.165) is 31.4 Å². The molecule has 2 N–H and O–H groups in total. The van der Waals surface area contributed by atoms with Gasteiger partial charge in [-0.15, -0.1) is 5.10 Å². The highest BCUT2D eigenvalue weighted by atomic mass is 19.1. The lowest BCUT2D eigenvalue weighted by Crippen LogP contribution is -2.37. The molecular weight excluding hydrogens is 477 g/mol. The Morgan fingerprint density at radius 1 is 1.30 bits per heavy atom. The van der Waals surface area contributed by atoms with Gasteiger partial charge in [-0.05, 0) is 80.7 Å². The van der Waals surface area contributed by atoms with E-state index >= 15 is 0 Å². The average molecular weight is 510 g/mol. The summed E-state index contributed by atoms with van der Waals surface area (Å²) in [5.74, 6) is 1.07. The predicted molar refractivity (Wildman–Crippen MR) is 134 cm³/mol. The number of aliphatic hydroxyl groups is 1. The largest absolute Gasteiger partial charge is 0.490 e. The normalized spacial score (nSPS) is 18.5. The van der Waals surface area contributed by atoms with Crippen molar-refractivity contribution in [2.24, 2.45) is 5.92 Å². The first-order valence-corrected chi connectivity index (χ1v) is 12.9. The molecule has 2 aromatic heterocycles. The van der Waals surface area contributed by atoms with Crippen molar-refractivity contribution in [2.75, 3.05) is 11.9 Å². The number of hydrogen-bond acceptors (Lipinski definition) is 7. The predicted octanol–water partition coefficient (Wildman–Crippen LogP) is 4.01. The summed E-state index contributed by atoms with van der Waals surface area (Å²) in [6.45, 7) is 2.56. The van der Waals surface area contributed by atoms with Crippen LogP contribution in [0.15, 0.2) is 42.7 Å². The van der Waals surface area contributed by atoms with Crippen LogP contribution in [-0.2, 0) is 23.4 Å². The van der Waals surface area contributed by atoms with Gasteiger partial charge >= 0.3 is 0 Å². The van der Waals surface area contributed by atoms with E-state index in [2.05, 4.69) is 20.6 Å². The summed E-state index contributed by atoms with van der Waals surface area (Å²) in [7, 11) is 0. The molecule has 0 radical (unpaired) electrons. The van der Waals surface area contributed by atoms with E-state index < -0.39 is 17.5 Å². The number of nitrogens with zero attached hydrogens (tertiary/aromatic N) is 4. The molecular formula is C27H32FN5O4. The smallest absolute Gasteiger partial charge is 0.266 e. The molecule has 1 amide bonds. The first-order chi connectivity index (χ1) is 17.9. The Morgan fingerprint density at radius 2 is 2.16 bits per heavy atom. The number of unbranched alkanes of at least 4 members (excludes halogenated alkanes) is 1. The van der Waals surface area contributed by atoms with Crippen molar-refractivity contribution in [3.05, 3.63) is 59.8 Å². The molecule has 1 fully saturated rings. The summed E-state index contributed by atoms with van der Waals surface area (Å²) in [6, 6.07) is 8.10. The van der Waals surface area contributed by atoms with Crippen LogP contribution in [-0.4, -0.2) is 43.7 Å². The standard InChI is InChI=1S/C27H32FN5O4/c1-2-27(35,19-11-12-21(28)24(14-19)36-16-18-9-10-18)17-33-20(15-30-32-33)6-3-4-7-23-26(34)31-25-22(37-23)8-5-13-29-25/h5,8,11-15,18,23,35H,2-4,6-7,9-10,16-17H2,1H3,(H,29,31,34)/t23?,27-/m1/s1. The lowest BCUT2D eigenvalue weighted by molar-refractivity contribution is -0.123. The van der Waals surface area contributed by atoms with Gasteiger partial charge in [-0.3, -0.25) is 4.79 Å². The van der Waals surface area contributed by atoms with Gasteiger partial charge in [-0.1, -0.05) is 18.2 Å². The van der Waals surface area contributed by atoms with E-state index in [1.54, 1.807) is 41.3 Å². The minimum Gasteiger partial charge on any atom is -0.490 e. The maximum absolute atomic E-state index is 14.3. The number of amides is 1.